The van der Waals surface area contributed by atoms with Crippen LogP contribution < -0.4 is 0 Å². The average molecular weight is 307 g/mol. The minimum absolute atomic E-state index is 0.0373. The highest BCUT2D eigenvalue weighted by Gasteiger charge is 2.13. The monoisotopic (exact) mass is 307 g/mol. The van der Waals surface area contributed by atoms with Crippen LogP contribution >= 0.6 is 0 Å². The van der Waals surface area contributed by atoms with Crippen molar-refractivity contribution in [1.29, 1.82) is 0 Å². The molecule has 0 atom stereocenters. The standard InChI is InChI=1S/C21H25NO/c1-5-13-22(17(3)18(4)23)15-21-14-20(12-11-16(21)2)19-9-7-6-8-10-19/h6-12,14H,3,5,13,15H2,1-2,4H3. The number of Topliss-reactive ketones (excluding diaryl/α,β-unsaturated/α-hetero) is 1. The molecule has 23 heavy (non-hydrogen) atoms. The number of hydrogen-bond acceptors (Lipinski definition) is 2. The summed E-state index contributed by atoms with van der Waals surface area (Å²) in [6, 6.07) is 16.9. The zero-order chi connectivity index (χ0) is 16.8. The molecule has 0 aliphatic rings. The van der Waals surface area contributed by atoms with Crippen LogP contribution in [0.25, 0.3) is 11.1 Å². The Bertz CT molecular complexity index is 688. The molecule has 2 rings (SSSR count). The maximum Gasteiger partial charge on any atom is 0.175 e. The summed E-state index contributed by atoms with van der Waals surface area (Å²) in [5.41, 5.74) is 5.48. The molecule has 0 spiro atoms. The second-order valence-corrected chi connectivity index (χ2v) is 5.93. The van der Waals surface area contributed by atoms with Crippen molar-refractivity contribution in [2.45, 2.75) is 33.7 Å². The molecule has 0 saturated heterocycles. The summed E-state index contributed by atoms with van der Waals surface area (Å²) in [6.45, 7) is 11.3. The summed E-state index contributed by atoms with van der Waals surface area (Å²) in [5.74, 6) is 0.0373. The van der Waals surface area contributed by atoms with Crippen molar-refractivity contribution in [3.8, 4) is 11.1 Å². The number of nitrogens with zero attached hydrogens (tertiary/aromatic N) is 1. The van der Waals surface area contributed by atoms with Gasteiger partial charge in [0.05, 0.1) is 5.70 Å². The second kappa shape index (κ2) is 7.77. The molecule has 0 aliphatic carbocycles. The predicted molar refractivity (Wildman–Crippen MR) is 97.1 cm³/mol. The topological polar surface area (TPSA) is 20.3 Å². The molecule has 120 valence electrons. The number of carbonyl (C=O) groups excluding carboxylic acids is 1. The molecule has 0 aliphatic heterocycles. The molecule has 2 aromatic rings. The molecule has 0 saturated carbocycles. The molecule has 0 aromatic heterocycles. The highest BCUT2D eigenvalue weighted by atomic mass is 16.1. The first-order valence-corrected chi connectivity index (χ1v) is 8.12. The summed E-state index contributed by atoms with van der Waals surface area (Å²) in [7, 11) is 0. The minimum Gasteiger partial charge on any atom is -0.365 e. The van der Waals surface area contributed by atoms with Gasteiger partial charge in [-0.25, -0.2) is 0 Å². The van der Waals surface area contributed by atoms with Crippen LogP contribution in [0.15, 0.2) is 60.8 Å². The van der Waals surface area contributed by atoms with E-state index in [2.05, 4.69) is 67.8 Å². The zero-order valence-corrected chi connectivity index (χ0v) is 14.3. The molecule has 0 amide bonds. The first-order chi connectivity index (χ1) is 11.0. The zero-order valence-electron chi connectivity index (χ0n) is 14.3. The van der Waals surface area contributed by atoms with Crippen molar-refractivity contribution >= 4 is 5.78 Å². The summed E-state index contributed by atoms with van der Waals surface area (Å²) >= 11 is 0. The molecular formula is C21H25NO. The highest BCUT2D eigenvalue weighted by molar-refractivity contribution is 5.91. The lowest BCUT2D eigenvalue weighted by atomic mass is 9.99. The van der Waals surface area contributed by atoms with Crippen molar-refractivity contribution in [1.82, 2.24) is 4.90 Å². The number of allylic oxidation sites excluding steroid dienone is 1. The van der Waals surface area contributed by atoms with Crippen molar-refractivity contribution < 1.29 is 4.79 Å². The number of ketones is 1. The Hall–Kier alpha value is -2.35. The fraction of sp³-hybridized carbons (Fsp3) is 0.286. The van der Waals surface area contributed by atoms with E-state index < -0.39 is 0 Å². The van der Waals surface area contributed by atoms with E-state index in [-0.39, 0.29) is 5.78 Å². The van der Waals surface area contributed by atoms with Crippen LogP contribution in [0, 0.1) is 6.92 Å². The molecule has 2 nitrogen and oxygen atoms in total. The Balaban J connectivity index is 2.31. The van der Waals surface area contributed by atoms with Gasteiger partial charge < -0.3 is 4.90 Å². The summed E-state index contributed by atoms with van der Waals surface area (Å²) < 4.78 is 0. The van der Waals surface area contributed by atoms with Gasteiger partial charge in [0.25, 0.3) is 0 Å². The van der Waals surface area contributed by atoms with Crippen molar-refractivity contribution in [3.63, 3.8) is 0 Å². The van der Waals surface area contributed by atoms with Crippen LogP contribution in [0.3, 0.4) is 0 Å². The second-order valence-electron chi connectivity index (χ2n) is 5.93. The van der Waals surface area contributed by atoms with Crippen LogP contribution in [-0.4, -0.2) is 17.2 Å². The van der Waals surface area contributed by atoms with Crippen LogP contribution in [-0.2, 0) is 11.3 Å². The van der Waals surface area contributed by atoms with Gasteiger partial charge in [-0.2, -0.15) is 0 Å². The highest BCUT2D eigenvalue weighted by Crippen LogP contribution is 2.24. The van der Waals surface area contributed by atoms with Crippen molar-refractivity contribution in [2.24, 2.45) is 0 Å². The number of carbonyl (C=O) groups is 1. The fourth-order valence-corrected chi connectivity index (χ4v) is 2.66. The number of rotatable bonds is 7. The molecule has 0 radical (unpaired) electrons. The van der Waals surface area contributed by atoms with Gasteiger partial charge in [0.1, 0.15) is 0 Å². The van der Waals surface area contributed by atoms with E-state index in [1.807, 2.05) is 6.07 Å². The molecule has 2 aromatic carbocycles. The summed E-state index contributed by atoms with van der Waals surface area (Å²) in [5, 5.41) is 0. The van der Waals surface area contributed by atoms with Gasteiger partial charge in [-0.3, -0.25) is 4.79 Å². The van der Waals surface area contributed by atoms with Crippen molar-refractivity contribution in [3.05, 3.63) is 71.9 Å². The van der Waals surface area contributed by atoms with Gasteiger partial charge in [0, 0.05) is 20.0 Å². The third-order valence-corrected chi connectivity index (χ3v) is 4.10. The average Bonchev–Trinajstić information content (AvgIpc) is 2.56. The fourth-order valence-electron chi connectivity index (χ4n) is 2.66. The maximum atomic E-state index is 11.7. The van der Waals surface area contributed by atoms with Crippen LogP contribution in [0.5, 0.6) is 0 Å². The van der Waals surface area contributed by atoms with Crippen LogP contribution in [0.2, 0.25) is 0 Å². The van der Waals surface area contributed by atoms with E-state index in [1.165, 1.54) is 22.3 Å². The Labute approximate surface area is 139 Å². The van der Waals surface area contributed by atoms with Crippen LogP contribution in [0.4, 0.5) is 0 Å². The number of hydrogen-bond donors (Lipinski definition) is 0. The van der Waals surface area contributed by atoms with Gasteiger partial charge in [0.15, 0.2) is 5.78 Å². The maximum absolute atomic E-state index is 11.7. The summed E-state index contributed by atoms with van der Waals surface area (Å²) in [6.07, 6.45) is 0.990. The van der Waals surface area contributed by atoms with Gasteiger partial charge in [-0.1, -0.05) is 56.0 Å². The lowest BCUT2D eigenvalue weighted by Gasteiger charge is -2.26. The lowest BCUT2D eigenvalue weighted by Crippen LogP contribution is -2.26. The molecule has 0 bridgehead atoms. The molecule has 0 unspecified atom stereocenters. The Morgan fingerprint density at radius 1 is 1.09 bits per heavy atom. The Kier molecular flexibility index (Phi) is 5.75. The van der Waals surface area contributed by atoms with E-state index in [0.29, 0.717) is 5.70 Å². The van der Waals surface area contributed by atoms with E-state index >= 15 is 0 Å². The smallest absolute Gasteiger partial charge is 0.175 e. The molecule has 0 fully saturated rings. The molecule has 2 heteroatoms. The lowest BCUT2D eigenvalue weighted by molar-refractivity contribution is -0.115. The normalized spacial score (nSPS) is 10.4. The first kappa shape index (κ1) is 17.0. The quantitative estimate of drug-likeness (QED) is 0.673. The van der Waals surface area contributed by atoms with Gasteiger partial charge in [-0.15, -0.1) is 0 Å². The van der Waals surface area contributed by atoms with Gasteiger partial charge >= 0.3 is 0 Å². The Morgan fingerprint density at radius 3 is 2.39 bits per heavy atom. The molecule has 0 N–H and O–H groups in total. The third-order valence-electron chi connectivity index (χ3n) is 4.10. The SMILES string of the molecule is C=C(C(C)=O)N(CCC)Cc1cc(-c2ccccc2)ccc1C. The van der Waals surface area contributed by atoms with Gasteiger partial charge in [0.2, 0.25) is 0 Å². The van der Waals surface area contributed by atoms with E-state index in [9.17, 15) is 4.79 Å². The predicted octanol–water partition coefficient (Wildman–Crippen LogP) is 4.98. The molecule has 0 heterocycles. The minimum atomic E-state index is 0.0373. The van der Waals surface area contributed by atoms with E-state index in [0.717, 1.165) is 19.5 Å². The summed E-state index contributed by atoms with van der Waals surface area (Å²) in [4.78, 5) is 13.8. The van der Waals surface area contributed by atoms with Gasteiger partial charge in [-0.05, 0) is 41.7 Å². The van der Waals surface area contributed by atoms with Crippen LogP contribution in [0.1, 0.15) is 31.4 Å². The molecular weight excluding hydrogens is 282 g/mol. The number of benzene rings is 2. The van der Waals surface area contributed by atoms with Crippen molar-refractivity contribution in [2.75, 3.05) is 6.54 Å². The first-order valence-electron chi connectivity index (χ1n) is 8.12. The largest absolute Gasteiger partial charge is 0.365 e. The van der Waals surface area contributed by atoms with E-state index in [4.69, 9.17) is 0 Å². The number of aryl methyl sites for hydroxylation is 1. The Morgan fingerprint density at radius 2 is 1.78 bits per heavy atom. The van der Waals surface area contributed by atoms with E-state index in [1.54, 1.807) is 6.92 Å². The third kappa shape index (κ3) is 4.32.